The number of hydrogen-bond donors (Lipinski definition) is 2. The molecular formula is C21H23F3N4O4. The molecule has 2 N–H and O–H groups in total. The summed E-state index contributed by atoms with van der Waals surface area (Å²) in [5.74, 6) is -2.71. The second-order valence-corrected chi connectivity index (χ2v) is 7.54. The maximum atomic E-state index is 12.8. The van der Waals surface area contributed by atoms with Gasteiger partial charge in [-0.1, -0.05) is 6.07 Å². The molecule has 0 aliphatic carbocycles. The van der Waals surface area contributed by atoms with Crippen molar-refractivity contribution in [3.05, 3.63) is 52.6 Å². The molecule has 0 spiro atoms. The van der Waals surface area contributed by atoms with Crippen molar-refractivity contribution in [2.24, 2.45) is 0 Å². The lowest BCUT2D eigenvalue weighted by molar-refractivity contribution is -0.192. The van der Waals surface area contributed by atoms with Crippen LogP contribution in [0.1, 0.15) is 33.0 Å². The van der Waals surface area contributed by atoms with Crippen molar-refractivity contribution in [2.45, 2.75) is 39.0 Å². The predicted octanol–water partition coefficient (Wildman–Crippen LogP) is 2.74. The summed E-state index contributed by atoms with van der Waals surface area (Å²) >= 11 is 0. The number of amides is 1. The zero-order chi connectivity index (χ0) is 23.5. The van der Waals surface area contributed by atoms with Crippen molar-refractivity contribution in [1.82, 2.24) is 14.9 Å². The molecular weight excluding hydrogens is 429 g/mol. The van der Waals surface area contributed by atoms with E-state index in [2.05, 4.69) is 28.3 Å². The Kier molecular flexibility index (Phi) is 6.97. The Morgan fingerprint density at radius 2 is 1.97 bits per heavy atom. The van der Waals surface area contributed by atoms with Gasteiger partial charge < -0.3 is 20.1 Å². The lowest BCUT2D eigenvalue weighted by Crippen LogP contribution is -2.40. The van der Waals surface area contributed by atoms with Crippen molar-refractivity contribution in [1.29, 1.82) is 0 Å². The molecule has 1 saturated heterocycles. The van der Waals surface area contributed by atoms with Gasteiger partial charge in [-0.25, -0.2) is 4.79 Å². The number of rotatable bonds is 5. The number of carbonyl (C=O) groups excluding carboxylic acids is 1. The number of carbonyl (C=O) groups is 2. The van der Waals surface area contributed by atoms with Crippen LogP contribution in [0.3, 0.4) is 0 Å². The SMILES string of the molecule is Cc1ccc(CCN2Cc3nccc(NC4COC4)c3C2=O)nc1C.O=C(O)C(F)(F)F. The van der Waals surface area contributed by atoms with Gasteiger partial charge in [-0.3, -0.25) is 14.8 Å². The van der Waals surface area contributed by atoms with Crippen molar-refractivity contribution in [3.8, 4) is 0 Å². The molecule has 172 valence electrons. The standard InChI is InChI=1S/C19H22N4O2.C2HF3O2/c1-12-3-4-14(21-13(12)2)6-8-23-9-17-18(19(23)24)16(5-7-20-17)22-15-10-25-11-15;3-2(4,5)1(6)7/h3-5,7,15H,6,8-11H2,1-2H3,(H,20,22);(H,6,7). The first kappa shape index (κ1) is 23.5. The van der Waals surface area contributed by atoms with E-state index in [0.29, 0.717) is 31.9 Å². The van der Waals surface area contributed by atoms with Crippen LogP contribution >= 0.6 is 0 Å². The Labute approximate surface area is 182 Å². The van der Waals surface area contributed by atoms with Gasteiger partial charge in [0.2, 0.25) is 0 Å². The molecule has 0 bridgehead atoms. The molecule has 2 aromatic rings. The van der Waals surface area contributed by atoms with Crippen LogP contribution in [0.5, 0.6) is 0 Å². The number of ether oxygens (including phenoxy) is 1. The van der Waals surface area contributed by atoms with Crippen molar-refractivity contribution < 1.29 is 32.6 Å². The van der Waals surface area contributed by atoms with Gasteiger partial charge in [0.25, 0.3) is 5.91 Å². The van der Waals surface area contributed by atoms with Crippen LogP contribution in [0.25, 0.3) is 0 Å². The maximum Gasteiger partial charge on any atom is 0.490 e. The number of nitrogens with one attached hydrogen (secondary N) is 1. The van der Waals surface area contributed by atoms with E-state index in [4.69, 9.17) is 14.6 Å². The highest BCUT2D eigenvalue weighted by Crippen LogP contribution is 2.29. The third-order valence-corrected chi connectivity index (χ3v) is 5.16. The molecule has 1 fully saturated rings. The number of pyridine rings is 2. The minimum Gasteiger partial charge on any atom is -0.475 e. The molecule has 8 nitrogen and oxygen atoms in total. The van der Waals surface area contributed by atoms with E-state index in [1.54, 1.807) is 6.20 Å². The van der Waals surface area contributed by atoms with Gasteiger partial charge in [-0.2, -0.15) is 13.2 Å². The number of aromatic nitrogens is 2. The molecule has 2 aliphatic heterocycles. The number of hydrogen-bond acceptors (Lipinski definition) is 6. The highest BCUT2D eigenvalue weighted by atomic mass is 19.4. The van der Waals surface area contributed by atoms with Gasteiger partial charge in [0.1, 0.15) is 0 Å². The average Bonchev–Trinajstić information content (AvgIpc) is 3.02. The zero-order valence-electron chi connectivity index (χ0n) is 17.6. The van der Waals surface area contributed by atoms with Crippen LogP contribution in [0.4, 0.5) is 18.9 Å². The quantitative estimate of drug-likeness (QED) is 0.719. The van der Waals surface area contributed by atoms with Gasteiger partial charge in [0.05, 0.1) is 42.7 Å². The number of halogens is 3. The van der Waals surface area contributed by atoms with Gasteiger partial charge in [-0.15, -0.1) is 0 Å². The summed E-state index contributed by atoms with van der Waals surface area (Å²) in [5.41, 5.74) is 5.68. The Hall–Kier alpha value is -3.21. The normalized spacial score (nSPS) is 15.5. The minimum absolute atomic E-state index is 0.0506. The molecule has 0 atom stereocenters. The van der Waals surface area contributed by atoms with E-state index in [9.17, 15) is 18.0 Å². The molecule has 0 radical (unpaired) electrons. The van der Waals surface area contributed by atoms with Gasteiger partial charge in [-0.05, 0) is 31.5 Å². The Morgan fingerprint density at radius 1 is 1.28 bits per heavy atom. The Morgan fingerprint density at radius 3 is 2.53 bits per heavy atom. The molecule has 2 aromatic heterocycles. The first-order chi connectivity index (χ1) is 15.1. The van der Waals surface area contributed by atoms with Crippen LogP contribution in [0.2, 0.25) is 0 Å². The van der Waals surface area contributed by atoms with Crippen LogP contribution in [-0.4, -0.2) is 63.8 Å². The van der Waals surface area contributed by atoms with E-state index in [0.717, 1.165) is 29.2 Å². The first-order valence-electron chi connectivity index (χ1n) is 9.91. The van der Waals surface area contributed by atoms with Gasteiger partial charge >= 0.3 is 12.1 Å². The van der Waals surface area contributed by atoms with Crippen LogP contribution in [-0.2, 0) is 22.5 Å². The third-order valence-electron chi connectivity index (χ3n) is 5.16. The predicted molar refractivity (Wildman–Crippen MR) is 108 cm³/mol. The second kappa shape index (κ2) is 9.51. The van der Waals surface area contributed by atoms with E-state index < -0.39 is 12.1 Å². The summed E-state index contributed by atoms with van der Waals surface area (Å²) in [6.45, 7) is 6.66. The molecule has 1 amide bonds. The van der Waals surface area contributed by atoms with Crippen LogP contribution < -0.4 is 5.32 Å². The van der Waals surface area contributed by atoms with Crippen molar-refractivity contribution in [2.75, 3.05) is 25.1 Å². The van der Waals surface area contributed by atoms with Crippen LogP contribution in [0, 0.1) is 13.8 Å². The summed E-state index contributed by atoms with van der Waals surface area (Å²) in [5, 5.41) is 10.5. The molecule has 4 heterocycles. The number of alkyl halides is 3. The molecule has 11 heteroatoms. The fourth-order valence-electron chi connectivity index (χ4n) is 3.19. The summed E-state index contributed by atoms with van der Waals surface area (Å²) in [4.78, 5) is 32.6. The lowest BCUT2D eigenvalue weighted by Gasteiger charge is -2.28. The lowest BCUT2D eigenvalue weighted by atomic mass is 10.1. The molecule has 0 unspecified atom stereocenters. The molecule has 0 saturated carbocycles. The van der Waals surface area contributed by atoms with E-state index in [1.807, 2.05) is 24.0 Å². The third kappa shape index (κ3) is 5.52. The number of carboxylic acids is 1. The topological polar surface area (TPSA) is 105 Å². The zero-order valence-corrected chi connectivity index (χ0v) is 17.6. The first-order valence-corrected chi connectivity index (χ1v) is 9.91. The monoisotopic (exact) mass is 452 g/mol. The summed E-state index contributed by atoms with van der Waals surface area (Å²) < 4.78 is 36.9. The van der Waals surface area contributed by atoms with Gasteiger partial charge in [0, 0.05) is 30.6 Å². The van der Waals surface area contributed by atoms with Crippen molar-refractivity contribution >= 4 is 17.6 Å². The summed E-state index contributed by atoms with van der Waals surface area (Å²) in [6, 6.07) is 6.29. The van der Waals surface area contributed by atoms with E-state index in [-0.39, 0.29) is 11.9 Å². The molecule has 32 heavy (non-hydrogen) atoms. The smallest absolute Gasteiger partial charge is 0.475 e. The number of anilines is 1. The fourth-order valence-corrected chi connectivity index (χ4v) is 3.19. The molecule has 4 rings (SSSR count). The average molecular weight is 452 g/mol. The highest BCUT2D eigenvalue weighted by Gasteiger charge is 2.38. The molecule has 2 aliphatic rings. The summed E-state index contributed by atoms with van der Waals surface area (Å²) in [6.07, 6.45) is -2.57. The number of aryl methyl sites for hydroxylation is 2. The van der Waals surface area contributed by atoms with Gasteiger partial charge in [0.15, 0.2) is 0 Å². The highest BCUT2D eigenvalue weighted by molar-refractivity contribution is 6.03. The van der Waals surface area contributed by atoms with E-state index >= 15 is 0 Å². The second-order valence-electron chi connectivity index (χ2n) is 7.54. The Balaban J connectivity index is 0.000000360. The van der Waals surface area contributed by atoms with Crippen molar-refractivity contribution in [3.63, 3.8) is 0 Å². The molecule has 0 aromatic carbocycles. The minimum atomic E-state index is -5.08. The largest absolute Gasteiger partial charge is 0.490 e. The number of aliphatic carboxylic acids is 1. The number of nitrogens with zero attached hydrogens (tertiary/aromatic N) is 3. The number of fused-ring (bicyclic) bond motifs is 1. The maximum absolute atomic E-state index is 12.8. The van der Waals surface area contributed by atoms with E-state index in [1.165, 1.54) is 5.56 Å². The van der Waals surface area contributed by atoms with Crippen LogP contribution in [0.15, 0.2) is 24.4 Å². The fraction of sp³-hybridized carbons (Fsp3) is 0.429. The number of carboxylic acid groups (broad SMARTS) is 1. The summed E-state index contributed by atoms with van der Waals surface area (Å²) in [7, 11) is 0. The Bertz CT molecular complexity index is 1010.